The molecule has 0 saturated carbocycles. The van der Waals surface area contributed by atoms with E-state index >= 15 is 0 Å². The monoisotopic (exact) mass is 166 g/mol. The van der Waals surface area contributed by atoms with Gasteiger partial charge in [-0.05, 0) is 6.07 Å². The van der Waals surface area contributed by atoms with Crippen molar-refractivity contribution in [2.24, 2.45) is 0 Å². The van der Waals surface area contributed by atoms with Gasteiger partial charge in [0, 0.05) is 11.5 Å². The summed E-state index contributed by atoms with van der Waals surface area (Å²) in [6.45, 7) is 6.49. The van der Waals surface area contributed by atoms with Gasteiger partial charge >= 0.3 is 5.88 Å². The first-order chi connectivity index (χ1) is 5.54. The van der Waals surface area contributed by atoms with Crippen molar-refractivity contribution in [1.82, 2.24) is 0 Å². The number of rotatable bonds is 1. The van der Waals surface area contributed by atoms with Crippen LogP contribution in [0.4, 0.5) is 0 Å². The molecule has 66 valence electrons. The molecule has 1 aromatic rings. The number of H-pyrrole nitrogens is 1. The van der Waals surface area contributed by atoms with E-state index in [-0.39, 0.29) is 5.41 Å². The highest BCUT2D eigenvalue weighted by Crippen LogP contribution is 2.18. The van der Waals surface area contributed by atoms with Crippen molar-refractivity contribution in [2.75, 3.05) is 7.11 Å². The molecule has 0 aliphatic carbocycles. The summed E-state index contributed by atoms with van der Waals surface area (Å²) in [5.74, 6) is 0.808. The van der Waals surface area contributed by atoms with Gasteiger partial charge < -0.3 is 4.74 Å². The van der Waals surface area contributed by atoms with E-state index in [1.165, 1.54) is 5.69 Å². The van der Waals surface area contributed by atoms with Gasteiger partial charge in [-0.2, -0.15) is 4.98 Å². The van der Waals surface area contributed by atoms with Crippen LogP contribution in [-0.2, 0) is 5.41 Å². The Bertz CT molecular complexity index is 263. The summed E-state index contributed by atoms with van der Waals surface area (Å²) >= 11 is 0. The summed E-state index contributed by atoms with van der Waals surface area (Å²) in [6, 6.07) is 5.98. The molecular formula is C10H16NO+. The third-order valence-electron chi connectivity index (χ3n) is 1.80. The Hall–Kier alpha value is -1.05. The molecule has 1 aromatic heterocycles. The molecule has 2 heteroatoms. The lowest BCUT2D eigenvalue weighted by atomic mass is 9.92. The molecule has 0 fully saturated rings. The maximum Gasteiger partial charge on any atom is 0.366 e. The summed E-state index contributed by atoms with van der Waals surface area (Å²) in [6.07, 6.45) is 0. The van der Waals surface area contributed by atoms with Gasteiger partial charge in [0.1, 0.15) is 0 Å². The first-order valence-corrected chi connectivity index (χ1v) is 4.11. The molecular weight excluding hydrogens is 150 g/mol. The third kappa shape index (κ3) is 1.97. The molecule has 1 N–H and O–H groups in total. The Morgan fingerprint density at radius 1 is 1.25 bits per heavy atom. The highest BCUT2D eigenvalue weighted by Gasteiger charge is 2.21. The molecule has 0 radical (unpaired) electrons. The number of methoxy groups -OCH3 is 1. The van der Waals surface area contributed by atoms with E-state index in [2.05, 4.69) is 31.8 Å². The Morgan fingerprint density at radius 3 is 2.42 bits per heavy atom. The predicted octanol–water partition coefficient (Wildman–Crippen LogP) is 1.81. The number of pyridine rings is 1. The van der Waals surface area contributed by atoms with Gasteiger partial charge in [0.15, 0.2) is 5.69 Å². The van der Waals surface area contributed by atoms with Crippen LogP contribution in [0.5, 0.6) is 5.88 Å². The molecule has 0 bridgehead atoms. The quantitative estimate of drug-likeness (QED) is 0.624. The van der Waals surface area contributed by atoms with Crippen LogP contribution in [0, 0.1) is 0 Å². The highest BCUT2D eigenvalue weighted by atomic mass is 16.5. The number of ether oxygens (including phenoxy) is 1. The van der Waals surface area contributed by atoms with Crippen LogP contribution in [0.3, 0.4) is 0 Å². The molecule has 1 rings (SSSR count). The van der Waals surface area contributed by atoms with Crippen molar-refractivity contribution in [3.8, 4) is 5.88 Å². The highest BCUT2D eigenvalue weighted by molar-refractivity contribution is 5.12. The zero-order chi connectivity index (χ0) is 9.19. The molecule has 0 aromatic carbocycles. The van der Waals surface area contributed by atoms with E-state index < -0.39 is 0 Å². The molecule has 12 heavy (non-hydrogen) atoms. The number of aromatic nitrogens is 1. The summed E-state index contributed by atoms with van der Waals surface area (Å²) in [5.41, 5.74) is 1.33. The number of hydrogen-bond acceptors (Lipinski definition) is 1. The fraction of sp³-hybridized carbons (Fsp3) is 0.500. The topological polar surface area (TPSA) is 23.4 Å². The van der Waals surface area contributed by atoms with Gasteiger partial charge in [-0.15, -0.1) is 0 Å². The first kappa shape index (κ1) is 9.04. The minimum atomic E-state index is 0.147. The largest absolute Gasteiger partial charge is 0.448 e. The molecule has 0 aliphatic heterocycles. The van der Waals surface area contributed by atoms with Crippen molar-refractivity contribution in [2.45, 2.75) is 26.2 Å². The van der Waals surface area contributed by atoms with Gasteiger partial charge in [0.05, 0.1) is 13.2 Å². The number of aromatic amines is 1. The fourth-order valence-corrected chi connectivity index (χ4v) is 1.00. The van der Waals surface area contributed by atoms with Crippen molar-refractivity contribution in [3.05, 3.63) is 23.9 Å². The second-order valence-corrected chi connectivity index (χ2v) is 3.88. The Balaban J connectivity index is 3.02. The van der Waals surface area contributed by atoms with Crippen LogP contribution >= 0.6 is 0 Å². The van der Waals surface area contributed by atoms with Gasteiger partial charge in [-0.25, -0.2) is 0 Å². The van der Waals surface area contributed by atoms with Crippen molar-refractivity contribution < 1.29 is 9.72 Å². The van der Waals surface area contributed by atoms with Crippen LogP contribution in [0.25, 0.3) is 0 Å². The molecule has 2 nitrogen and oxygen atoms in total. The van der Waals surface area contributed by atoms with Gasteiger partial charge in [-0.3, -0.25) is 0 Å². The lowest BCUT2D eigenvalue weighted by Gasteiger charge is -2.12. The maximum atomic E-state index is 5.09. The molecule has 0 amide bonds. The first-order valence-electron chi connectivity index (χ1n) is 4.11. The SMILES string of the molecule is COc1cccc(C(C)(C)C)[nH+]1. The lowest BCUT2D eigenvalue weighted by molar-refractivity contribution is -0.410. The second-order valence-electron chi connectivity index (χ2n) is 3.88. The van der Waals surface area contributed by atoms with E-state index in [0.29, 0.717) is 0 Å². The van der Waals surface area contributed by atoms with Crippen LogP contribution in [0.1, 0.15) is 26.5 Å². The van der Waals surface area contributed by atoms with E-state index in [1.54, 1.807) is 7.11 Å². The molecule has 0 aliphatic rings. The van der Waals surface area contributed by atoms with Crippen LogP contribution in [-0.4, -0.2) is 7.11 Å². The fourth-order valence-electron chi connectivity index (χ4n) is 1.00. The van der Waals surface area contributed by atoms with E-state index in [4.69, 9.17) is 4.74 Å². The average molecular weight is 166 g/mol. The predicted molar refractivity (Wildman–Crippen MR) is 48.2 cm³/mol. The van der Waals surface area contributed by atoms with E-state index in [0.717, 1.165) is 5.88 Å². The molecule has 1 heterocycles. The summed E-state index contributed by atoms with van der Waals surface area (Å²) in [5, 5.41) is 0. The minimum absolute atomic E-state index is 0.147. The minimum Gasteiger partial charge on any atom is -0.448 e. The van der Waals surface area contributed by atoms with Crippen LogP contribution < -0.4 is 9.72 Å². The standard InChI is InChI=1S/C10H15NO/c1-10(2,3)8-6-5-7-9(11-8)12-4/h5-7H,1-4H3/p+1. The van der Waals surface area contributed by atoms with E-state index in [9.17, 15) is 0 Å². The zero-order valence-corrected chi connectivity index (χ0v) is 8.14. The molecule has 0 spiro atoms. The van der Waals surface area contributed by atoms with Gasteiger partial charge in [0.2, 0.25) is 0 Å². The smallest absolute Gasteiger partial charge is 0.366 e. The lowest BCUT2D eigenvalue weighted by Crippen LogP contribution is -2.25. The maximum absolute atomic E-state index is 5.09. The summed E-state index contributed by atoms with van der Waals surface area (Å²) in [7, 11) is 1.66. The summed E-state index contributed by atoms with van der Waals surface area (Å²) in [4.78, 5) is 3.21. The number of nitrogens with one attached hydrogen (secondary N) is 1. The Kier molecular flexibility index (Phi) is 2.36. The van der Waals surface area contributed by atoms with Crippen LogP contribution in [0.15, 0.2) is 18.2 Å². The average Bonchev–Trinajstić information content (AvgIpc) is 2.03. The molecule has 0 unspecified atom stereocenters. The molecule has 0 atom stereocenters. The van der Waals surface area contributed by atoms with Crippen molar-refractivity contribution in [3.63, 3.8) is 0 Å². The molecule has 0 saturated heterocycles. The van der Waals surface area contributed by atoms with E-state index in [1.807, 2.05) is 12.1 Å². The zero-order valence-electron chi connectivity index (χ0n) is 8.14. The Morgan fingerprint density at radius 2 is 1.92 bits per heavy atom. The summed E-state index contributed by atoms with van der Waals surface area (Å²) < 4.78 is 5.09. The van der Waals surface area contributed by atoms with Crippen molar-refractivity contribution in [1.29, 1.82) is 0 Å². The number of hydrogen-bond donors (Lipinski definition) is 0. The third-order valence-corrected chi connectivity index (χ3v) is 1.80. The van der Waals surface area contributed by atoms with Crippen LogP contribution in [0.2, 0.25) is 0 Å². The normalized spacial score (nSPS) is 11.3. The second kappa shape index (κ2) is 3.13. The van der Waals surface area contributed by atoms with Crippen molar-refractivity contribution >= 4 is 0 Å². The Labute approximate surface area is 73.6 Å². The van der Waals surface area contributed by atoms with Gasteiger partial charge in [0.25, 0.3) is 0 Å². The van der Waals surface area contributed by atoms with Gasteiger partial charge in [-0.1, -0.05) is 20.8 Å².